The number of aromatic nitrogens is 2. The molecular weight excluding hydrogens is 438 g/mol. The predicted molar refractivity (Wildman–Crippen MR) is 136 cm³/mol. The van der Waals surface area contributed by atoms with Gasteiger partial charge in [0, 0.05) is 58.4 Å². The van der Waals surface area contributed by atoms with Gasteiger partial charge in [-0.3, -0.25) is 19.5 Å². The summed E-state index contributed by atoms with van der Waals surface area (Å²) < 4.78 is 0. The van der Waals surface area contributed by atoms with Crippen molar-refractivity contribution in [2.75, 3.05) is 39.3 Å². The van der Waals surface area contributed by atoms with E-state index in [1.54, 1.807) is 11.1 Å². The van der Waals surface area contributed by atoms with Crippen LogP contribution in [-0.2, 0) is 17.8 Å². The molecule has 1 aromatic heterocycles. The van der Waals surface area contributed by atoms with Crippen molar-refractivity contribution in [2.24, 2.45) is 0 Å². The van der Waals surface area contributed by atoms with E-state index in [1.807, 2.05) is 36.1 Å². The fourth-order valence-electron chi connectivity index (χ4n) is 4.27. The standard InChI is InChI=1S/C28H33N5O2/c1-23-20-30-26(21-29-23)28(35)33(14-12-24-8-4-2-5-9-24)15-13-27(34)32-18-16-31(17-19-32)22-25-10-6-3-7-11-25/h2-11,20-21H,12-19,22H2,1H3. The normalized spacial score (nSPS) is 14.0. The zero-order valence-corrected chi connectivity index (χ0v) is 20.3. The van der Waals surface area contributed by atoms with Gasteiger partial charge in [0.05, 0.1) is 11.9 Å². The molecule has 1 aliphatic rings. The van der Waals surface area contributed by atoms with E-state index < -0.39 is 0 Å². The topological polar surface area (TPSA) is 69.6 Å². The van der Waals surface area contributed by atoms with E-state index in [9.17, 15) is 9.59 Å². The Morgan fingerprint density at radius 2 is 1.49 bits per heavy atom. The van der Waals surface area contributed by atoms with E-state index in [0.29, 0.717) is 38.3 Å². The summed E-state index contributed by atoms with van der Waals surface area (Å²) in [7, 11) is 0. The number of carbonyl (C=O) groups is 2. The first-order chi connectivity index (χ1) is 17.1. The van der Waals surface area contributed by atoms with E-state index in [-0.39, 0.29) is 11.8 Å². The van der Waals surface area contributed by atoms with Crippen molar-refractivity contribution in [3.8, 4) is 0 Å². The molecule has 1 saturated heterocycles. The highest BCUT2D eigenvalue weighted by atomic mass is 16.2. The molecule has 7 nitrogen and oxygen atoms in total. The second-order valence-electron chi connectivity index (χ2n) is 8.96. The molecule has 0 unspecified atom stereocenters. The monoisotopic (exact) mass is 471 g/mol. The molecule has 2 amide bonds. The molecular formula is C28H33N5O2. The predicted octanol–water partition coefficient (Wildman–Crippen LogP) is 3.20. The molecule has 7 heteroatoms. The lowest BCUT2D eigenvalue weighted by Gasteiger charge is -2.35. The summed E-state index contributed by atoms with van der Waals surface area (Å²) in [6.07, 6.45) is 4.14. The van der Waals surface area contributed by atoms with E-state index in [2.05, 4.69) is 51.3 Å². The first-order valence-corrected chi connectivity index (χ1v) is 12.2. The fourth-order valence-corrected chi connectivity index (χ4v) is 4.27. The van der Waals surface area contributed by atoms with Crippen LogP contribution in [0.25, 0.3) is 0 Å². The van der Waals surface area contributed by atoms with Gasteiger partial charge in [-0.05, 0) is 24.5 Å². The number of piperazine rings is 1. The van der Waals surface area contributed by atoms with E-state index in [0.717, 1.165) is 37.3 Å². The maximum Gasteiger partial charge on any atom is 0.274 e. The van der Waals surface area contributed by atoms with Gasteiger partial charge in [0.25, 0.3) is 5.91 Å². The largest absolute Gasteiger partial charge is 0.340 e. The Morgan fingerprint density at radius 1 is 0.829 bits per heavy atom. The maximum atomic E-state index is 13.2. The highest BCUT2D eigenvalue weighted by molar-refractivity contribution is 5.92. The zero-order valence-electron chi connectivity index (χ0n) is 20.3. The van der Waals surface area contributed by atoms with E-state index >= 15 is 0 Å². The van der Waals surface area contributed by atoms with Crippen LogP contribution in [0.15, 0.2) is 73.1 Å². The van der Waals surface area contributed by atoms with Crippen LogP contribution in [-0.4, -0.2) is 75.8 Å². The molecule has 0 N–H and O–H groups in total. The molecule has 0 radical (unpaired) electrons. The summed E-state index contributed by atoms with van der Waals surface area (Å²) in [5, 5.41) is 0. The van der Waals surface area contributed by atoms with Gasteiger partial charge in [0.1, 0.15) is 5.69 Å². The number of rotatable bonds is 9. The second kappa shape index (κ2) is 12.2. The van der Waals surface area contributed by atoms with Crippen molar-refractivity contribution in [3.05, 3.63) is 95.6 Å². The summed E-state index contributed by atoms with van der Waals surface area (Å²) in [6.45, 7) is 6.78. The van der Waals surface area contributed by atoms with Gasteiger partial charge in [-0.2, -0.15) is 0 Å². The van der Waals surface area contributed by atoms with Crippen LogP contribution in [0.3, 0.4) is 0 Å². The molecule has 0 saturated carbocycles. The minimum Gasteiger partial charge on any atom is -0.340 e. The third kappa shape index (κ3) is 7.20. The second-order valence-corrected chi connectivity index (χ2v) is 8.96. The van der Waals surface area contributed by atoms with Gasteiger partial charge in [-0.25, -0.2) is 4.98 Å². The molecule has 35 heavy (non-hydrogen) atoms. The van der Waals surface area contributed by atoms with Crippen LogP contribution >= 0.6 is 0 Å². The number of carbonyl (C=O) groups excluding carboxylic acids is 2. The van der Waals surface area contributed by atoms with Crippen LogP contribution in [0.4, 0.5) is 0 Å². The lowest BCUT2D eigenvalue weighted by atomic mass is 10.1. The van der Waals surface area contributed by atoms with Crippen molar-refractivity contribution in [2.45, 2.75) is 26.3 Å². The van der Waals surface area contributed by atoms with Crippen molar-refractivity contribution in [1.29, 1.82) is 0 Å². The quantitative estimate of drug-likeness (QED) is 0.479. The molecule has 1 fully saturated rings. The number of hydrogen-bond acceptors (Lipinski definition) is 5. The molecule has 2 heterocycles. The van der Waals surface area contributed by atoms with Crippen LogP contribution in [0.2, 0.25) is 0 Å². The summed E-state index contributed by atoms with van der Waals surface area (Å²) in [5.41, 5.74) is 3.52. The summed E-state index contributed by atoms with van der Waals surface area (Å²) in [6, 6.07) is 20.5. The fraction of sp³-hybridized carbons (Fsp3) is 0.357. The molecule has 0 aliphatic carbocycles. The molecule has 182 valence electrons. The Morgan fingerprint density at radius 3 is 2.11 bits per heavy atom. The van der Waals surface area contributed by atoms with Crippen molar-refractivity contribution >= 4 is 11.8 Å². The average Bonchev–Trinajstić information content (AvgIpc) is 2.90. The third-order valence-electron chi connectivity index (χ3n) is 6.37. The van der Waals surface area contributed by atoms with Crippen molar-refractivity contribution < 1.29 is 9.59 Å². The molecule has 3 aromatic rings. The number of nitrogens with zero attached hydrogens (tertiary/aromatic N) is 5. The minimum atomic E-state index is -0.186. The Kier molecular flexibility index (Phi) is 8.57. The summed E-state index contributed by atoms with van der Waals surface area (Å²) >= 11 is 0. The van der Waals surface area contributed by atoms with Crippen molar-refractivity contribution in [1.82, 2.24) is 24.7 Å². The van der Waals surface area contributed by atoms with Crippen LogP contribution < -0.4 is 0 Å². The van der Waals surface area contributed by atoms with Gasteiger partial charge in [0.2, 0.25) is 5.91 Å². The third-order valence-corrected chi connectivity index (χ3v) is 6.37. The van der Waals surface area contributed by atoms with E-state index in [1.165, 1.54) is 11.8 Å². The number of aryl methyl sites for hydroxylation is 1. The summed E-state index contributed by atoms with van der Waals surface area (Å²) in [5.74, 6) is -0.0919. The first kappa shape index (κ1) is 24.5. The number of hydrogen-bond donors (Lipinski definition) is 0. The Hall–Kier alpha value is -3.58. The lowest BCUT2D eigenvalue weighted by molar-refractivity contribution is -0.133. The van der Waals surface area contributed by atoms with Crippen LogP contribution in [0, 0.1) is 6.92 Å². The Bertz CT molecular complexity index is 1080. The molecule has 0 spiro atoms. The minimum absolute atomic E-state index is 0.0943. The van der Waals surface area contributed by atoms with E-state index in [4.69, 9.17) is 0 Å². The van der Waals surface area contributed by atoms with Gasteiger partial charge < -0.3 is 9.80 Å². The number of benzene rings is 2. The lowest BCUT2D eigenvalue weighted by Crippen LogP contribution is -2.49. The van der Waals surface area contributed by atoms with Crippen LogP contribution in [0.5, 0.6) is 0 Å². The SMILES string of the molecule is Cc1cnc(C(=O)N(CCC(=O)N2CCN(Cc3ccccc3)CC2)CCc2ccccc2)cn1. The first-order valence-electron chi connectivity index (χ1n) is 12.2. The Balaban J connectivity index is 1.31. The highest BCUT2D eigenvalue weighted by Gasteiger charge is 2.23. The zero-order chi connectivity index (χ0) is 24.5. The average molecular weight is 472 g/mol. The van der Waals surface area contributed by atoms with Gasteiger partial charge in [0.15, 0.2) is 0 Å². The van der Waals surface area contributed by atoms with Gasteiger partial charge in [-0.15, -0.1) is 0 Å². The number of amides is 2. The summed E-state index contributed by atoms with van der Waals surface area (Å²) in [4.78, 5) is 40.7. The van der Waals surface area contributed by atoms with Crippen molar-refractivity contribution in [3.63, 3.8) is 0 Å². The van der Waals surface area contributed by atoms with Gasteiger partial charge >= 0.3 is 0 Å². The van der Waals surface area contributed by atoms with Crippen LogP contribution in [0.1, 0.15) is 33.7 Å². The molecule has 4 rings (SSSR count). The maximum absolute atomic E-state index is 13.2. The highest BCUT2D eigenvalue weighted by Crippen LogP contribution is 2.11. The molecule has 1 aliphatic heterocycles. The van der Waals surface area contributed by atoms with Gasteiger partial charge in [-0.1, -0.05) is 60.7 Å². The molecule has 0 bridgehead atoms. The smallest absolute Gasteiger partial charge is 0.274 e. The molecule has 0 atom stereocenters. The molecule has 2 aromatic carbocycles. The Labute approximate surface area is 207 Å².